The SMILES string of the molecule is CC(=O)Oc1cc2cc(OC(C)=O)c(C#CS(C)(C)C)cc2cc1C#CS(C)(C)C. The maximum Gasteiger partial charge on any atom is 0.308 e. The average Bonchev–Trinajstić information content (AvgIpc) is 2.55. The fourth-order valence-electron chi connectivity index (χ4n) is 2.40. The fraction of sp³-hybridized carbons (Fsp3) is 0.333. The van der Waals surface area contributed by atoms with E-state index in [0.717, 1.165) is 10.8 Å². The van der Waals surface area contributed by atoms with Crippen LogP contribution in [0.25, 0.3) is 10.8 Å². The quantitative estimate of drug-likeness (QED) is 0.383. The Morgan fingerprint density at radius 3 is 1.30 bits per heavy atom. The zero-order valence-corrected chi connectivity index (χ0v) is 20.4. The van der Waals surface area contributed by atoms with Gasteiger partial charge in [0.2, 0.25) is 0 Å². The Morgan fingerprint density at radius 1 is 0.667 bits per heavy atom. The summed E-state index contributed by atoms with van der Waals surface area (Å²) in [4.78, 5) is 23.2. The highest BCUT2D eigenvalue weighted by Gasteiger charge is 2.13. The molecule has 0 spiro atoms. The summed E-state index contributed by atoms with van der Waals surface area (Å²) in [6.45, 7) is 2.71. The third kappa shape index (κ3) is 7.37. The molecule has 0 saturated carbocycles. The second kappa shape index (κ2) is 9.08. The van der Waals surface area contributed by atoms with Gasteiger partial charge >= 0.3 is 11.9 Å². The molecule has 0 N–H and O–H groups in total. The Balaban J connectivity index is 2.76. The van der Waals surface area contributed by atoms with Gasteiger partial charge in [0.05, 0.1) is 11.1 Å². The van der Waals surface area contributed by atoms with Crippen LogP contribution in [0.15, 0.2) is 24.3 Å². The van der Waals surface area contributed by atoms with Crippen LogP contribution < -0.4 is 9.47 Å². The molecule has 2 rings (SSSR count). The number of hydrogen-bond donors (Lipinski definition) is 0. The van der Waals surface area contributed by atoms with E-state index in [1.54, 1.807) is 12.1 Å². The summed E-state index contributed by atoms with van der Waals surface area (Å²) in [5, 5.41) is 8.17. The molecule has 2 aromatic carbocycles. The Morgan fingerprint density at radius 2 is 1.00 bits per heavy atom. The first-order chi connectivity index (χ1) is 13.7. The van der Waals surface area contributed by atoms with Crippen molar-refractivity contribution in [1.82, 2.24) is 0 Å². The molecule has 0 atom stereocenters. The van der Waals surface area contributed by atoms with Crippen molar-refractivity contribution in [3.8, 4) is 33.8 Å². The third-order valence-corrected chi connectivity index (χ3v) is 4.96. The van der Waals surface area contributed by atoms with E-state index in [9.17, 15) is 9.59 Å². The molecule has 0 radical (unpaired) electrons. The molecule has 0 aliphatic heterocycles. The van der Waals surface area contributed by atoms with Gasteiger partial charge in [-0.3, -0.25) is 9.59 Å². The maximum absolute atomic E-state index is 11.6. The Kier molecular flexibility index (Phi) is 7.18. The van der Waals surface area contributed by atoms with Crippen LogP contribution in [0.3, 0.4) is 0 Å². The number of carbonyl (C=O) groups excluding carboxylic acids is 2. The number of esters is 2. The molecule has 0 unspecified atom stereocenters. The van der Waals surface area contributed by atoms with Crippen LogP contribution >= 0.6 is 20.1 Å². The summed E-state index contributed by atoms with van der Waals surface area (Å²) < 4.78 is 10.8. The van der Waals surface area contributed by atoms with Gasteiger partial charge in [0.15, 0.2) is 0 Å². The van der Waals surface area contributed by atoms with Crippen LogP contribution in [-0.4, -0.2) is 49.5 Å². The van der Waals surface area contributed by atoms with E-state index in [1.807, 2.05) is 12.1 Å². The molecule has 0 bridgehead atoms. The van der Waals surface area contributed by atoms with Crippen LogP contribution in [0.2, 0.25) is 0 Å². The lowest BCUT2D eigenvalue weighted by Crippen LogP contribution is -2.04. The number of rotatable bonds is 2. The number of hydrogen-bond acceptors (Lipinski definition) is 4. The molecule has 0 heterocycles. The highest BCUT2D eigenvalue weighted by Crippen LogP contribution is 2.36. The molecule has 0 aromatic heterocycles. The molecule has 30 heavy (non-hydrogen) atoms. The molecule has 0 saturated heterocycles. The Hall–Kier alpha value is -2.54. The van der Waals surface area contributed by atoms with Gasteiger partial charge in [-0.2, -0.15) is 20.1 Å². The van der Waals surface area contributed by atoms with Crippen LogP contribution in [0, 0.1) is 22.3 Å². The normalized spacial score (nSPS) is 12.1. The van der Waals surface area contributed by atoms with Gasteiger partial charge in [-0.05, 0) is 83.1 Å². The van der Waals surface area contributed by atoms with Gasteiger partial charge in [-0.15, -0.1) is 0 Å². The van der Waals surface area contributed by atoms with Gasteiger partial charge in [0, 0.05) is 13.8 Å². The van der Waals surface area contributed by atoms with Gasteiger partial charge in [-0.1, -0.05) is 11.8 Å². The van der Waals surface area contributed by atoms with Crippen molar-refractivity contribution in [3.05, 3.63) is 35.4 Å². The maximum atomic E-state index is 11.6. The minimum atomic E-state index is -1.05. The minimum Gasteiger partial charge on any atom is -0.425 e. The van der Waals surface area contributed by atoms with Gasteiger partial charge in [0.25, 0.3) is 0 Å². The first-order valence-corrected chi connectivity index (χ1v) is 14.9. The second-order valence-electron chi connectivity index (χ2n) is 8.36. The van der Waals surface area contributed by atoms with Gasteiger partial charge in [-0.25, -0.2) is 0 Å². The van der Waals surface area contributed by atoms with Crippen molar-refractivity contribution in [2.75, 3.05) is 37.5 Å². The number of benzene rings is 2. The van der Waals surface area contributed by atoms with Gasteiger partial charge < -0.3 is 9.47 Å². The Labute approximate surface area is 182 Å². The van der Waals surface area contributed by atoms with E-state index in [4.69, 9.17) is 9.47 Å². The predicted octanol–water partition coefficient (Wildman–Crippen LogP) is 4.70. The van der Waals surface area contributed by atoms with E-state index < -0.39 is 32.0 Å². The van der Waals surface area contributed by atoms with Crippen LogP contribution in [0.4, 0.5) is 0 Å². The minimum absolute atomic E-state index is 0.387. The Bertz CT molecular complexity index is 1040. The highest BCUT2D eigenvalue weighted by atomic mass is 32.3. The fourth-order valence-corrected chi connectivity index (χ4v) is 3.23. The summed E-state index contributed by atoms with van der Waals surface area (Å²) >= 11 is 0. The molecule has 2 aromatic rings. The molecule has 4 nitrogen and oxygen atoms in total. The monoisotopic (exact) mass is 444 g/mol. The topological polar surface area (TPSA) is 52.6 Å². The van der Waals surface area contributed by atoms with E-state index in [1.165, 1.54) is 13.8 Å². The molecular weight excluding hydrogens is 416 g/mol. The lowest BCUT2D eigenvalue weighted by atomic mass is 10.0. The predicted molar refractivity (Wildman–Crippen MR) is 131 cm³/mol. The summed E-state index contributed by atoms with van der Waals surface area (Å²) in [5.74, 6) is 6.27. The van der Waals surface area contributed by atoms with Crippen molar-refractivity contribution in [3.63, 3.8) is 0 Å². The van der Waals surface area contributed by atoms with Gasteiger partial charge in [0.1, 0.15) is 11.5 Å². The third-order valence-electron chi connectivity index (χ3n) is 3.53. The van der Waals surface area contributed by atoms with Crippen LogP contribution in [-0.2, 0) is 9.59 Å². The summed E-state index contributed by atoms with van der Waals surface area (Å²) in [6, 6.07) is 7.27. The molecule has 0 amide bonds. The smallest absolute Gasteiger partial charge is 0.308 e. The van der Waals surface area contributed by atoms with Crippen molar-refractivity contribution in [2.45, 2.75) is 13.8 Å². The van der Waals surface area contributed by atoms with Crippen molar-refractivity contribution >= 4 is 42.8 Å². The van der Waals surface area contributed by atoms with E-state index in [-0.39, 0.29) is 0 Å². The largest absolute Gasteiger partial charge is 0.425 e. The van der Waals surface area contributed by atoms with Crippen molar-refractivity contribution in [1.29, 1.82) is 0 Å². The molecular formula is C24H28O4S2. The lowest BCUT2D eigenvalue weighted by Gasteiger charge is -2.16. The molecule has 0 aliphatic carbocycles. The first kappa shape index (κ1) is 23.7. The van der Waals surface area contributed by atoms with E-state index in [2.05, 4.69) is 59.9 Å². The highest BCUT2D eigenvalue weighted by molar-refractivity contribution is 8.36. The second-order valence-corrected chi connectivity index (χ2v) is 16.1. The summed E-state index contributed by atoms with van der Waals surface area (Å²) in [7, 11) is -2.11. The first-order valence-electron chi connectivity index (χ1n) is 9.14. The zero-order chi connectivity index (χ0) is 22.7. The van der Waals surface area contributed by atoms with E-state index >= 15 is 0 Å². The lowest BCUT2D eigenvalue weighted by molar-refractivity contribution is -0.132. The number of carbonyl (C=O) groups is 2. The van der Waals surface area contributed by atoms with Crippen LogP contribution in [0.5, 0.6) is 11.5 Å². The summed E-state index contributed by atoms with van der Waals surface area (Å²) in [5.41, 5.74) is 1.28. The molecule has 6 heteroatoms. The number of fused-ring (bicyclic) bond motifs is 1. The van der Waals surface area contributed by atoms with Crippen molar-refractivity contribution in [2.24, 2.45) is 0 Å². The molecule has 0 aliphatic rings. The summed E-state index contributed by atoms with van der Waals surface area (Å²) in [6.07, 6.45) is 12.6. The van der Waals surface area contributed by atoms with Crippen LogP contribution in [0.1, 0.15) is 25.0 Å². The van der Waals surface area contributed by atoms with Crippen molar-refractivity contribution < 1.29 is 19.1 Å². The molecule has 0 fully saturated rings. The van der Waals surface area contributed by atoms with E-state index in [0.29, 0.717) is 22.6 Å². The molecule has 160 valence electrons. The zero-order valence-electron chi connectivity index (χ0n) is 18.8. The average molecular weight is 445 g/mol. The standard InChI is InChI=1S/C24H28O4S2/c1-17(25)27-23-15-22-16-24(28-18(2)26)20(10-12-30(6,7)8)14-21(22)13-19(23)9-11-29(3,4)5/h13-16H,1-8H3. The number of ether oxygens (including phenoxy) is 2.